The Balaban J connectivity index is 2.82. The highest BCUT2D eigenvalue weighted by Gasteiger charge is 2.06. The Kier molecular flexibility index (Phi) is 8.93. The van der Waals surface area contributed by atoms with Gasteiger partial charge in [0.1, 0.15) is 6.79 Å². The minimum Gasteiger partial charge on any atom is -0.402 e. The van der Waals surface area contributed by atoms with E-state index in [-0.39, 0.29) is 6.79 Å². The van der Waals surface area contributed by atoms with Gasteiger partial charge in [0, 0.05) is 6.61 Å². The van der Waals surface area contributed by atoms with Crippen molar-refractivity contribution in [2.24, 2.45) is 0 Å². The van der Waals surface area contributed by atoms with Crippen LogP contribution in [0.4, 0.5) is 0 Å². The predicted molar refractivity (Wildman–Crippen MR) is 46.2 cm³/mol. The Morgan fingerprint density at radius 3 is 2.50 bits per heavy atom. The van der Waals surface area contributed by atoms with Gasteiger partial charge >= 0.3 is 7.32 Å². The summed E-state index contributed by atoms with van der Waals surface area (Å²) < 4.78 is 9.29. The lowest BCUT2D eigenvalue weighted by molar-refractivity contribution is -0.0120. The third kappa shape index (κ3) is 9.90. The van der Waals surface area contributed by atoms with Crippen molar-refractivity contribution < 1.29 is 19.4 Å². The molecule has 0 aliphatic heterocycles. The molecule has 0 fully saturated rings. The molecule has 0 radical (unpaired) electrons. The SMILES string of the molecule is CCCCCCOCOB(O)O. The minimum atomic E-state index is -1.72. The summed E-state index contributed by atoms with van der Waals surface area (Å²) in [6.07, 6.45) is 4.57. The van der Waals surface area contributed by atoms with E-state index in [0.29, 0.717) is 6.61 Å². The summed E-state index contributed by atoms with van der Waals surface area (Å²) in [5.41, 5.74) is 0. The highest BCUT2D eigenvalue weighted by atomic mass is 16.7. The fourth-order valence-electron chi connectivity index (χ4n) is 0.799. The standard InChI is InChI=1S/C7H17BO4/c1-2-3-4-5-6-11-7-12-8(9)10/h9-10H,2-7H2,1H3. The lowest BCUT2D eigenvalue weighted by Gasteiger charge is -2.03. The van der Waals surface area contributed by atoms with Crippen LogP contribution < -0.4 is 0 Å². The molecule has 4 nitrogen and oxygen atoms in total. The zero-order chi connectivity index (χ0) is 9.23. The Hall–Kier alpha value is -0.0951. The van der Waals surface area contributed by atoms with Gasteiger partial charge < -0.3 is 19.4 Å². The summed E-state index contributed by atoms with van der Waals surface area (Å²) in [7, 11) is -1.72. The van der Waals surface area contributed by atoms with Crippen LogP contribution in [0.2, 0.25) is 0 Å². The molecule has 72 valence electrons. The Bertz CT molecular complexity index is 89.5. The van der Waals surface area contributed by atoms with Gasteiger partial charge in [0.05, 0.1) is 0 Å². The number of hydrogen-bond acceptors (Lipinski definition) is 4. The van der Waals surface area contributed by atoms with Crippen LogP contribution in [-0.2, 0) is 9.39 Å². The summed E-state index contributed by atoms with van der Waals surface area (Å²) in [5, 5.41) is 16.5. The van der Waals surface area contributed by atoms with E-state index < -0.39 is 7.32 Å². The van der Waals surface area contributed by atoms with E-state index in [9.17, 15) is 0 Å². The Morgan fingerprint density at radius 2 is 1.92 bits per heavy atom. The molecular weight excluding hydrogens is 159 g/mol. The van der Waals surface area contributed by atoms with Gasteiger partial charge in [-0.3, -0.25) is 0 Å². The molecule has 0 rings (SSSR count). The molecule has 0 aliphatic carbocycles. The molecule has 0 saturated carbocycles. The second-order valence-corrected chi connectivity index (χ2v) is 2.58. The highest BCUT2D eigenvalue weighted by Crippen LogP contribution is 1.98. The topological polar surface area (TPSA) is 58.9 Å². The maximum absolute atomic E-state index is 8.25. The third-order valence-electron chi connectivity index (χ3n) is 1.44. The molecular formula is C7H17BO4. The van der Waals surface area contributed by atoms with Crippen LogP contribution >= 0.6 is 0 Å². The van der Waals surface area contributed by atoms with Crippen molar-refractivity contribution in [3.05, 3.63) is 0 Å². The predicted octanol–water partition coefficient (Wildman–Crippen LogP) is 0.527. The van der Waals surface area contributed by atoms with Gasteiger partial charge in [-0.1, -0.05) is 26.2 Å². The molecule has 0 heterocycles. The minimum absolute atomic E-state index is 0.0518. The quantitative estimate of drug-likeness (QED) is 0.321. The second kappa shape index (κ2) is 9.00. The van der Waals surface area contributed by atoms with Gasteiger partial charge in [0.15, 0.2) is 0 Å². The van der Waals surface area contributed by atoms with E-state index in [1.54, 1.807) is 0 Å². The number of rotatable bonds is 8. The molecule has 0 saturated heterocycles. The first-order valence-corrected chi connectivity index (χ1v) is 4.33. The molecule has 0 aromatic heterocycles. The van der Waals surface area contributed by atoms with Crippen LogP contribution in [0.3, 0.4) is 0 Å². The normalized spacial score (nSPS) is 10.2. The van der Waals surface area contributed by atoms with Crippen molar-refractivity contribution in [2.45, 2.75) is 32.6 Å². The molecule has 0 amide bonds. The second-order valence-electron chi connectivity index (χ2n) is 2.58. The van der Waals surface area contributed by atoms with Crippen molar-refractivity contribution in [1.82, 2.24) is 0 Å². The van der Waals surface area contributed by atoms with Gasteiger partial charge in [0.2, 0.25) is 0 Å². The lowest BCUT2D eigenvalue weighted by atomic mass is 10.2. The number of hydrogen-bond donors (Lipinski definition) is 2. The van der Waals surface area contributed by atoms with Crippen LogP contribution in [0.15, 0.2) is 0 Å². The molecule has 5 heteroatoms. The average molecular weight is 176 g/mol. The molecule has 0 aliphatic rings. The van der Waals surface area contributed by atoms with Gasteiger partial charge in [-0.2, -0.15) is 0 Å². The van der Waals surface area contributed by atoms with E-state index >= 15 is 0 Å². The maximum atomic E-state index is 8.25. The van der Waals surface area contributed by atoms with Crippen molar-refractivity contribution in [2.75, 3.05) is 13.4 Å². The zero-order valence-corrected chi connectivity index (χ0v) is 7.53. The summed E-state index contributed by atoms with van der Waals surface area (Å²) in [5.74, 6) is 0. The zero-order valence-electron chi connectivity index (χ0n) is 7.53. The van der Waals surface area contributed by atoms with Gasteiger partial charge in [-0.25, -0.2) is 0 Å². The summed E-state index contributed by atoms with van der Waals surface area (Å²) >= 11 is 0. The fraction of sp³-hybridized carbons (Fsp3) is 1.00. The maximum Gasteiger partial charge on any atom is 0.635 e. The first kappa shape index (κ1) is 11.9. The summed E-state index contributed by atoms with van der Waals surface area (Å²) in [6, 6.07) is 0. The molecule has 12 heavy (non-hydrogen) atoms. The van der Waals surface area contributed by atoms with Crippen LogP contribution in [0, 0.1) is 0 Å². The van der Waals surface area contributed by atoms with E-state index in [2.05, 4.69) is 11.6 Å². The smallest absolute Gasteiger partial charge is 0.402 e. The summed E-state index contributed by atoms with van der Waals surface area (Å²) in [4.78, 5) is 0. The van der Waals surface area contributed by atoms with E-state index in [1.807, 2.05) is 0 Å². The third-order valence-corrected chi connectivity index (χ3v) is 1.44. The Labute approximate surface area is 73.7 Å². The molecule has 0 atom stereocenters. The lowest BCUT2D eigenvalue weighted by Crippen LogP contribution is -2.18. The van der Waals surface area contributed by atoms with Gasteiger partial charge in [-0.15, -0.1) is 0 Å². The molecule has 0 unspecified atom stereocenters. The number of ether oxygens (including phenoxy) is 1. The van der Waals surface area contributed by atoms with Gasteiger partial charge in [0.25, 0.3) is 0 Å². The van der Waals surface area contributed by atoms with E-state index in [1.165, 1.54) is 12.8 Å². The first-order chi connectivity index (χ1) is 5.77. The van der Waals surface area contributed by atoms with Crippen LogP contribution in [-0.4, -0.2) is 30.8 Å². The van der Waals surface area contributed by atoms with Crippen LogP contribution in [0.25, 0.3) is 0 Å². The van der Waals surface area contributed by atoms with Crippen molar-refractivity contribution in [3.8, 4) is 0 Å². The Morgan fingerprint density at radius 1 is 1.17 bits per heavy atom. The molecule has 0 aromatic rings. The van der Waals surface area contributed by atoms with Crippen molar-refractivity contribution in [1.29, 1.82) is 0 Å². The average Bonchev–Trinajstić information content (AvgIpc) is 2.02. The molecule has 0 bridgehead atoms. The van der Waals surface area contributed by atoms with Crippen LogP contribution in [0.1, 0.15) is 32.6 Å². The monoisotopic (exact) mass is 176 g/mol. The van der Waals surface area contributed by atoms with E-state index in [4.69, 9.17) is 14.8 Å². The molecule has 2 N–H and O–H groups in total. The summed E-state index contributed by atoms with van der Waals surface area (Å²) in [6.45, 7) is 2.71. The highest BCUT2D eigenvalue weighted by molar-refractivity contribution is 6.32. The first-order valence-electron chi connectivity index (χ1n) is 4.33. The molecule has 0 spiro atoms. The fourth-order valence-corrected chi connectivity index (χ4v) is 0.799. The van der Waals surface area contributed by atoms with Crippen LogP contribution in [0.5, 0.6) is 0 Å². The largest absolute Gasteiger partial charge is 0.635 e. The molecule has 0 aromatic carbocycles. The number of unbranched alkanes of at least 4 members (excludes halogenated alkanes) is 3. The van der Waals surface area contributed by atoms with Crippen molar-refractivity contribution >= 4 is 7.32 Å². The van der Waals surface area contributed by atoms with E-state index in [0.717, 1.165) is 12.8 Å². The van der Waals surface area contributed by atoms with Gasteiger partial charge in [-0.05, 0) is 6.42 Å². The van der Waals surface area contributed by atoms with Crippen molar-refractivity contribution in [3.63, 3.8) is 0 Å².